The topological polar surface area (TPSA) is 73.7 Å². The third-order valence-electron chi connectivity index (χ3n) is 4.09. The first-order chi connectivity index (χ1) is 10.4. The molecule has 1 fully saturated rings. The van der Waals surface area contributed by atoms with Gasteiger partial charge < -0.3 is 5.11 Å². The Kier molecular flexibility index (Phi) is 4.03. The molecule has 6 nitrogen and oxygen atoms in total. The van der Waals surface area contributed by atoms with Crippen LogP contribution in [0, 0.1) is 0 Å². The molecule has 118 valence electrons. The second-order valence-electron chi connectivity index (χ2n) is 5.60. The molecule has 0 unspecified atom stereocenters. The van der Waals surface area contributed by atoms with Gasteiger partial charge in [-0.1, -0.05) is 6.07 Å². The summed E-state index contributed by atoms with van der Waals surface area (Å²) in [5, 5.41) is 12.1. The van der Waals surface area contributed by atoms with Gasteiger partial charge in [0.05, 0.1) is 6.26 Å². The standard InChI is InChI=1S/C15H19N3O3S/c1-22(20,21)18-8-6-17(7-9-18)11-14-13-10-16-5-4-12(13)2-3-15(14)19/h2-5,10,19H,6-9,11H2,1H3. The minimum atomic E-state index is -3.12. The molecule has 0 atom stereocenters. The lowest BCUT2D eigenvalue weighted by Crippen LogP contribution is -2.47. The highest BCUT2D eigenvalue weighted by atomic mass is 32.2. The number of pyridine rings is 1. The molecule has 1 aliphatic rings. The quantitative estimate of drug-likeness (QED) is 0.913. The van der Waals surface area contributed by atoms with Gasteiger partial charge in [-0.3, -0.25) is 9.88 Å². The van der Waals surface area contributed by atoms with E-state index in [0.717, 1.165) is 16.3 Å². The van der Waals surface area contributed by atoms with Gasteiger partial charge in [0.1, 0.15) is 5.75 Å². The van der Waals surface area contributed by atoms with Gasteiger partial charge in [-0.2, -0.15) is 4.31 Å². The fourth-order valence-electron chi connectivity index (χ4n) is 2.82. The van der Waals surface area contributed by atoms with Crippen molar-refractivity contribution in [2.75, 3.05) is 32.4 Å². The van der Waals surface area contributed by atoms with Crippen LogP contribution in [0.25, 0.3) is 10.8 Å². The summed E-state index contributed by atoms with van der Waals surface area (Å²) in [6.07, 6.45) is 4.73. The first kappa shape index (κ1) is 15.2. The molecule has 0 spiro atoms. The normalized spacial score (nSPS) is 17.9. The summed E-state index contributed by atoms with van der Waals surface area (Å²) in [5.74, 6) is 0.256. The van der Waals surface area contributed by atoms with Crippen LogP contribution in [-0.4, -0.2) is 60.1 Å². The van der Waals surface area contributed by atoms with Gasteiger partial charge in [-0.25, -0.2) is 8.42 Å². The van der Waals surface area contributed by atoms with E-state index in [4.69, 9.17) is 0 Å². The number of rotatable bonds is 3. The maximum atomic E-state index is 11.5. The Bertz CT molecular complexity index is 784. The van der Waals surface area contributed by atoms with Gasteiger partial charge in [0.2, 0.25) is 10.0 Å². The van der Waals surface area contributed by atoms with Crippen LogP contribution in [0.1, 0.15) is 5.56 Å². The number of phenolic OH excluding ortho intramolecular Hbond substituents is 1. The summed E-state index contributed by atoms with van der Waals surface area (Å²) in [4.78, 5) is 6.29. The SMILES string of the molecule is CS(=O)(=O)N1CCN(Cc2c(O)ccc3ccncc23)CC1. The average Bonchev–Trinajstić information content (AvgIpc) is 2.50. The van der Waals surface area contributed by atoms with E-state index in [1.807, 2.05) is 12.1 Å². The molecule has 22 heavy (non-hydrogen) atoms. The van der Waals surface area contributed by atoms with Crippen molar-refractivity contribution in [2.45, 2.75) is 6.54 Å². The van der Waals surface area contributed by atoms with E-state index < -0.39 is 10.0 Å². The van der Waals surface area contributed by atoms with Crippen LogP contribution in [0.5, 0.6) is 5.75 Å². The molecule has 7 heteroatoms. The summed E-state index contributed by atoms with van der Waals surface area (Å²) in [6.45, 7) is 2.88. The molecule has 1 saturated heterocycles. The van der Waals surface area contributed by atoms with Crippen LogP contribution < -0.4 is 0 Å². The molecule has 0 radical (unpaired) electrons. The molecular formula is C15H19N3O3S. The monoisotopic (exact) mass is 321 g/mol. The van der Waals surface area contributed by atoms with Crippen LogP contribution >= 0.6 is 0 Å². The van der Waals surface area contributed by atoms with Gasteiger partial charge in [-0.15, -0.1) is 0 Å². The smallest absolute Gasteiger partial charge is 0.211 e. The largest absolute Gasteiger partial charge is 0.508 e. The molecule has 3 rings (SSSR count). The number of piperazine rings is 1. The van der Waals surface area contributed by atoms with Crippen LogP contribution in [0.2, 0.25) is 0 Å². The first-order valence-electron chi connectivity index (χ1n) is 7.17. The van der Waals surface area contributed by atoms with E-state index in [0.29, 0.717) is 32.7 Å². The molecule has 1 aliphatic heterocycles. The average molecular weight is 321 g/mol. The number of aromatic hydroxyl groups is 1. The lowest BCUT2D eigenvalue weighted by molar-refractivity contribution is 0.181. The van der Waals surface area contributed by atoms with Crippen LogP contribution in [0.4, 0.5) is 0 Å². The van der Waals surface area contributed by atoms with Crippen molar-refractivity contribution >= 4 is 20.8 Å². The molecule has 0 saturated carbocycles. The van der Waals surface area contributed by atoms with Crippen molar-refractivity contribution in [2.24, 2.45) is 0 Å². The maximum absolute atomic E-state index is 11.5. The third kappa shape index (κ3) is 3.06. The number of phenols is 1. The number of hydrogen-bond donors (Lipinski definition) is 1. The summed E-state index contributed by atoms with van der Waals surface area (Å²) in [5.41, 5.74) is 0.846. The van der Waals surface area contributed by atoms with E-state index >= 15 is 0 Å². The van der Waals surface area contributed by atoms with E-state index in [1.54, 1.807) is 18.5 Å². The summed E-state index contributed by atoms with van der Waals surface area (Å²) < 4.78 is 24.6. The van der Waals surface area contributed by atoms with E-state index in [1.165, 1.54) is 10.6 Å². The second-order valence-corrected chi connectivity index (χ2v) is 7.58. The van der Waals surface area contributed by atoms with E-state index in [9.17, 15) is 13.5 Å². The van der Waals surface area contributed by atoms with Crippen LogP contribution in [0.3, 0.4) is 0 Å². The van der Waals surface area contributed by atoms with E-state index in [-0.39, 0.29) is 5.75 Å². The molecule has 1 aromatic heterocycles. The highest BCUT2D eigenvalue weighted by Crippen LogP contribution is 2.28. The zero-order valence-corrected chi connectivity index (χ0v) is 13.3. The number of sulfonamides is 1. The Morgan fingerprint density at radius 2 is 1.91 bits per heavy atom. The first-order valence-corrected chi connectivity index (χ1v) is 9.02. The van der Waals surface area contributed by atoms with Crippen LogP contribution in [0.15, 0.2) is 30.6 Å². The summed E-state index contributed by atoms with van der Waals surface area (Å²) in [7, 11) is -3.12. The maximum Gasteiger partial charge on any atom is 0.211 e. The Hall–Kier alpha value is -1.70. The number of nitrogens with zero attached hydrogens (tertiary/aromatic N) is 3. The third-order valence-corrected chi connectivity index (χ3v) is 5.40. The highest BCUT2D eigenvalue weighted by molar-refractivity contribution is 7.88. The number of fused-ring (bicyclic) bond motifs is 1. The van der Waals surface area contributed by atoms with Gasteiger partial charge in [0, 0.05) is 56.1 Å². The van der Waals surface area contributed by atoms with Gasteiger partial charge >= 0.3 is 0 Å². The van der Waals surface area contributed by atoms with Crippen LogP contribution in [-0.2, 0) is 16.6 Å². The Morgan fingerprint density at radius 3 is 2.59 bits per heavy atom. The second kappa shape index (κ2) is 5.83. The molecule has 2 aromatic rings. The Labute approximate surface area is 130 Å². The van der Waals surface area contributed by atoms with Crippen molar-refractivity contribution in [3.63, 3.8) is 0 Å². The summed E-state index contributed by atoms with van der Waals surface area (Å²) >= 11 is 0. The molecule has 0 amide bonds. The molecular weight excluding hydrogens is 302 g/mol. The van der Waals surface area contributed by atoms with Crippen molar-refractivity contribution in [3.05, 3.63) is 36.2 Å². The lowest BCUT2D eigenvalue weighted by atomic mass is 10.0. The predicted octanol–water partition coefficient (Wildman–Crippen LogP) is 1.02. The highest BCUT2D eigenvalue weighted by Gasteiger charge is 2.24. The molecule has 0 aliphatic carbocycles. The molecule has 2 heterocycles. The van der Waals surface area contributed by atoms with Crippen molar-refractivity contribution in [3.8, 4) is 5.75 Å². The van der Waals surface area contributed by atoms with E-state index in [2.05, 4.69) is 9.88 Å². The Morgan fingerprint density at radius 1 is 1.18 bits per heavy atom. The zero-order chi connectivity index (χ0) is 15.7. The Balaban J connectivity index is 1.79. The fourth-order valence-corrected chi connectivity index (χ4v) is 3.65. The van der Waals surface area contributed by atoms with Gasteiger partial charge in [-0.05, 0) is 17.5 Å². The number of aromatic nitrogens is 1. The molecule has 1 N–H and O–H groups in total. The molecule has 1 aromatic carbocycles. The van der Waals surface area contributed by atoms with Gasteiger partial charge in [0.15, 0.2) is 0 Å². The predicted molar refractivity (Wildman–Crippen MR) is 85.1 cm³/mol. The van der Waals surface area contributed by atoms with Crippen molar-refractivity contribution in [1.29, 1.82) is 0 Å². The lowest BCUT2D eigenvalue weighted by Gasteiger charge is -2.33. The number of hydrogen-bond acceptors (Lipinski definition) is 5. The molecule has 0 bridgehead atoms. The van der Waals surface area contributed by atoms with Crippen molar-refractivity contribution < 1.29 is 13.5 Å². The minimum Gasteiger partial charge on any atom is -0.508 e. The number of benzene rings is 1. The van der Waals surface area contributed by atoms with Crippen molar-refractivity contribution in [1.82, 2.24) is 14.2 Å². The summed E-state index contributed by atoms with van der Waals surface area (Å²) in [6, 6.07) is 5.49. The van der Waals surface area contributed by atoms with Gasteiger partial charge in [0.25, 0.3) is 0 Å². The zero-order valence-electron chi connectivity index (χ0n) is 12.4. The fraction of sp³-hybridized carbons (Fsp3) is 0.400. The minimum absolute atomic E-state index is 0.256.